The molecule has 0 aromatic heterocycles. The molecule has 4 heteroatoms. The van der Waals surface area contributed by atoms with Gasteiger partial charge in [-0.05, 0) is 64.9 Å². The molecule has 0 saturated heterocycles. The van der Waals surface area contributed by atoms with Gasteiger partial charge in [-0.15, -0.1) is 0 Å². The van der Waals surface area contributed by atoms with Gasteiger partial charge in [-0.2, -0.15) is 0 Å². The van der Waals surface area contributed by atoms with Crippen LogP contribution in [0.5, 0.6) is 11.5 Å². The third kappa shape index (κ3) is 5.51. The zero-order valence-electron chi connectivity index (χ0n) is 17.0. The number of carboxylic acid groups (broad SMARTS) is 1. The second-order valence-electron chi connectivity index (χ2n) is 6.99. The molecule has 2 N–H and O–H groups in total. The minimum atomic E-state index is -0.817. The average molecular weight is 402 g/mol. The van der Waals surface area contributed by atoms with Crippen molar-refractivity contribution in [1.29, 1.82) is 0 Å². The van der Waals surface area contributed by atoms with Crippen molar-refractivity contribution in [3.8, 4) is 11.5 Å². The topological polar surface area (TPSA) is 66.8 Å². The van der Waals surface area contributed by atoms with Gasteiger partial charge < -0.3 is 14.9 Å². The predicted octanol–water partition coefficient (Wildman–Crippen LogP) is 6.00. The number of hydrogen-bond donors (Lipinski definition) is 2. The highest BCUT2D eigenvalue weighted by atomic mass is 16.5. The van der Waals surface area contributed by atoms with Crippen LogP contribution in [0.3, 0.4) is 0 Å². The maximum absolute atomic E-state index is 10.6. The fraction of sp³-hybridized carbons (Fsp3) is 0.192. The van der Waals surface area contributed by atoms with E-state index in [0.29, 0.717) is 18.8 Å². The molecule has 0 spiro atoms. The Morgan fingerprint density at radius 1 is 0.867 bits per heavy atom. The number of phenols is 1. The number of carboxylic acids is 1. The molecule has 0 saturated carbocycles. The second kappa shape index (κ2) is 10.3. The molecule has 4 nitrogen and oxygen atoms in total. The van der Waals surface area contributed by atoms with Gasteiger partial charge in [-0.3, -0.25) is 4.79 Å². The van der Waals surface area contributed by atoms with E-state index in [1.165, 1.54) is 5.57 Å². The van der Waals surface area contributed by atoms with Crippen LogP contribution in [-0.4, -0.2) is 22.8 Å². The quantitative estimate of drug-likeness (QED) is 0.340. The first-order valence-electron chi connectivity index (χ1n) is 10.1. The lowest BCUT2D eigenvalue weighted by Crippen LogP contribution is -2.02. The molecule has 0 bridgehead atoms. The molecule has 0 aliphatic carbocycles. The maximum Gasteiger partial charge on any atom is 0.303 e. The number of benzene rings is 3. The number of allylic oxidation sites excluding steroid dienone is 1. The van der Waals surface area contributed by atoms with E-state index in [-0.39, 0.29) is 12.2 Å². The highest BCUT2D eigenvalue weighted by Crippen LogP contribution is 2.36. The normalized spacial score (nSPS) is 11.6. The number of ether oxygens (including phenoxy) is 1. The van der Waals surface area contributed by atoms with Crippen LogP contribution in [0, 0.1) is 0 Å². The third-order valence-corrected chi connectivity index (χ3v) is 4.86. The summed E-state index contributed by atoms with van der Waals surface area (Å²) in [6, 6.07) is 25.4. The number of rotatable bonds is 9. The van der Waals surface area contributed by atoms with Gasteiger partial charge in [0.25, 0.3) is 0 Å². The molecule has 0 unspecified atom stereocenters. The smallest absolute Gasteiger partial charge is 0.303 e. The van der Waals surface area contributed by atoms with E-state index in [0.717, 1.165) is 28.7 Å². The molecule has 3 aromatic carbocycles. The van der Waals surface area contributed by atoms with E-state index >= 15 is 0 Å². The fourth-order valence-electron chi connectivity index (χ4n) is 3.47. The number of aromatic hydroxyl groups is 1. The number of carbonyl (C=O) groups is 1. The van der Waals surface area contributed by atoms with E-state index in [1.54, 1.807) is 12.1 Å². The van der Waals surface area contributed by atoms with Crippen molar-refractivity contribution >= 4 is 17.1 Å². The highest BCUT2D eigenvalue weighted by Gasteiger charge is 2.13. The second-order valence-corrected chi connectivity index (χ2v) is 6.99. The number of aliphatic carboxylic acids is 1. The molecule has 0 radical (unpaired) electrons. The molecule has 3 aromatic rings. The lowest BCUT2D eigenvalue weighted by Gasteiger charge is -2.17. The van der Waals surface area contributed by atoms with Gasteiger partial charge in [-0.25, -0.2) is 0 Å². The largest absolute Gasteiger partial charge is 0.508 e. The predicted molar refractivity (Wildman–Crippen MR) is 120 cm³/mol. The van der Waals surface area contributed by atoms with Gasteiger partial charge in [-0.1, -0.05) is 61.5 Å². The molecule has 154 valence electrons. The minimum absolute atomic E-state index is 0.0966. The van der Waals surface area contributed by atoms with E-state index in [1.807, 2.05) is 54.6 Å². The summed E-state index contributed by atoms with van der Waals surface area (Å²) < 4.78 is 5.67. The molecule has 0 aliphatic heterocycles. The monoisotopic (exact) mass is 402 g/mol. The highest BCUT2D eigenvalue weighted by molar-refractivity contribution is 5.98. The van der Waals surface area contributed by atoms with Gasteiger partial charge in [0.05, 0.1) is 6.61 Å². The zero-order valence-corrected chi connectivity index (χ0v) is 17.0. The Labute approximate surface area is 177 Å². The summed E-state index contributed by atoms with van der Waals surface area (Å²) in [6.07, 6.45) is 1.40. The molecule has 0 fully saturated rings. The van der Waals surface area contributed by atoms with Crippen molar-refractivity contribution in [3.05, 3.63) is 95.6 Å². The summed E-state index contributed by atoms with van der Waals surface area (Å²) in [7, 11) is 0. The van der Waals surface area contributed by atoms with Crippen molar-refractivity contribution in [3.63, 3.8) is 0 Å². The SMILES string of the molecule is CC/C(=C(/c1ccc(OCCCC(=O)O)cc1)c1cccc(O)c1)c1ccccc1. The third-order valence-electron chi connectivity index (χ3n) is 4.86. The van der Waals surface area contributed by atoms with Crippen LogP contribution >= 0.6 is 0 Å². The molecule has 0 aliphatic rings. The van der Waals surface area contributed by atoms with Crippen molar-refractivity contribution < 1.29 is 19.7 Å². The van der Waals surface area contributed by atoms with Crippen LogP contribution in [0.25, 0.3) is 11.1 Å². The Kier molecular flexibility index (Phi) is 7.28. The Balaban J connectivity index is 1.97. The Hall–Kier alpha value is -3.53. The minimum Gasteiger partial charge on any atom is -0.508 e. The average Bonchev–Trinajstić information content (AvgIpc) is 2.76. The molecular weight excluding hydrogens is 376 g/mol. The van der Waals surface area contributed by atoms with Crippen LogP contribution in [0.2, 0.25) is 0 Å². The summed E-state index contributed by atoms with van der Waals surface area (Å²) in [5, 5.41) is 18.8. The number of phenolic OH excluding ortho intramolecular Hbond substituents is 1. The first-order chi connectivity index (χ1) is 14.6. The van der Waals surface area contributed by atoms with E-state index in [9.17, 15) is 9.90 Å². The molecule has 30 heavy (non-hydrogen) atoms. The van der Waals surface area contributed by atoms with Gasteiger partial charge in [0.2, 0.25) is 0 Å². The van der Waals surface area contributed by atoms with Crippen LogP contribution < -0.4 is 4.74 Å². The van der Waals surface area contributed by atoms with Crippen molar-refractivity contribution in [2.75, 3.05) is 6.61 Å². The van der Waals surface area contributed by atoms with Crippen LogP contribution in [0.1, 0.15) is 42.9 Å². The van der Waals surface area contributed by atoms with E-state index in [4.69, 9.17) is 9.84 Å². The molecule has 0 atom stereocenters. The van der Waals surface area contributed by atoms with Crippen molar-refractivity contribution in [2.24, 2.45) is 0 Å². The van der Waals surface area contributed by atoms with E-state index < -0.39 is 5.97 Å². The molecule has 3 rings (SSSR count). The Morgan fingerprint density at radius 2 is 1.57 bits per heavy atom. The first-order valence-corrected chi connectivity index (χ1v) is 10.1. The van der Waals surface area contributed by atoms with Crippen LogP contribution in [0.15, 0.2) is 78.9 Å². The lowest BCUT2D eigenvalue weighted by molar-refractivity contribution is -0.137. The maximum atomic E-state index is 10.6. The lowest BCUT2D eigenvalue weighted by atomic mass is 9.88. The van der Waals surface area contributed by atoms with Gasteiger partial charge in [0.15, 0.2) is 0 Å². The number of hydrogen-bond acceptors (Lipinski definition) is 3. The van der Waals surface area contributed by atoms with Crippen LogP contribution in [-0.2, 0) is 4.79 Å². The van der Waals surface area contributed by atoms with E-state index in [2.05, 4.69) is 19.1 Å². The Morgan fingerprint density at radius 3 is 2.20 bits per heavy atom. The standard InChI is InChI=1S/C26H26O4/c1-2-24(19-8-4-3-5-9-19)26(21-10-6-11-22(27)18-21)20-13-15-23(16-14-20)30-17-7-12-25(28)29/h3-6,8-11,13-16,18,27H,2,7,12,17H2,1H3,(H,28,29)/b26-24+. The summed E-state index contributed by atoms with van der Waals surface area (Å²) in [5.74, 6) is 0.118. The summed E-state index contributed by atoms with van der Waals surface area (Å²) >= 11 is 0. The summed E-state index contributed by atoms with van der Waals surface area (Å²) in [4.78, 5) is 10.6. The molecular formula is C26H26O4. The van der Waals surface area contributed by atoms with Crippen LogP contribution in [0.4, 0.5) is 0 Å². The summed E-state index contributed by atoms with van der Waals surface area (Å²) in [6.45, 7) is 2.50. The van der Waals surface area contributed by atoms with Gasteiger partial charge >= 0.3 is 5.97 Å². The fourth-order valence-corrected chi connectivity index (χ4v) is 3.47. The summed E-state index contributed by atoms with van der Waals surface area (Å²) in [5.41, 5.74) is 5.38. The van der Waals surface area contributed by atoms with Gasteiger partial charge in [0.1, 0.15) is 11.5 Å². The first kappa shape index (κ1) is 21.2. The Bertz CT molecular complexity index is 1000. The zero-order chi connectivity index (χ0) is 21.3. The van der Waals surface area contributed by atoms with Gasteiger partial charge in [0, 0.05) is 6.42 Å². The van der Waals surface area contributed by atoms with Crippen molar-refractivity contribution in [2.45, 2.75) is 26.2 Å². The van der Waals surface area contributed by atoms with Crippen molar-refractivity contribution in [1.82, 2.24) is 0 Å². The molecule has 0 heterocycles. The molecule has 0 amide bonds.